The average molecular weight is 252 g/mol. The Hall–Kier alpha value is -2.49. The van der Waals surface area contributed by atoms with E-state index in [0.717, 1.165) is 33.5 Å². The Labute approximate surface area is 111 Å². The van der Waals surface area contributed by atoms with Gasteiger partial charge in [0.25, 0.3) is 0 Å². The van der Waals surface area contributed by atoms with Gasteiger partial charge in [-0.05, 0) is 24.3 Å². The minimum absolute atomic E-state index is 0.747. The lowest BCUT2D eigenvalue weighted by Crippen LogP contribution is -2.08. The number of hydrogen-bond donors (Lipinski definition) is 2. The van der Waals surface area contributed by atoms with Crippen molar-refractivity contribution in [2.75, 3.05) is 24.7 Å². The fourth-order valence-corrected chi connectivity index (χ4v) is 2.24. The summed E-state index contributed by atoms with van der Waals surface area (Å²) >= 11 is 0. The van der Waals surface area contributed by atoms with Gasteiger partial charge in [-0.2, -0.15) is 5.10 Å². The Kier molecular flexibility index (Phi) is 2.63. The van der Waals surface area contributed by atoms with Crippen LogP contribution in [0.5, 0.6) is 0 Å². The van der Waals surface area contributed by atoms with E-state index in [0.29, 0.717) is 0 Å². The fourth-order valence-electron chi connectivity index (χ4n) is 2.24. The Morgan fingerprint density at radius 2 is 1.89 bits per heavy atom. The van der Waals surface area contributed by atoms with Crippen molar-refractivity contribution in [2.24, 2.45) is 0 Å². The molecule has 0 fully saturated rings. The molecule has 3 aromatic rings. The predicted octanol–water partition coefficient (Wildman–Crippen LogP) is 2.88. The van der Waals surface area contributed by atoms with E-state index in [1.54, 1.807) is 0 Å². The molecular weight excluding hydrogens is 236 g/mol. The lowest BCUT2D eigenvalue weighted by Gasteiger charge is -2.13. The summed E-state index contributed by atoms with van der Waals surface area (Å²) in [6, 6.07) is 14.1. The molecule has 0 aliphatic rings. The molecule has 19 heavy (non-hydrogen) atoms. The molecule has 3 N–H and O–H groups in total. The number of H-pyrrole nitrogens is 1. The monoisotopic (exact) mass is 252 g/mol. The minimum Gasteiger partial charge on any atom is -0.398 e. The highest BCUT2D eigenvalue weighted by Gasteiger charge is 2.11. The number of aromatic nitrogens is 2. The van der Waals surface area contributed by atoms with Gasteiger partial charge in [0.05, 0.1) is 10.9 Å². The van der Waals surface area contributed by atoms with Crippen LogP contribution in [0.15, 0.2) is 42.5 Å². The zero-order valence-corrected chi connectivity index (χ0v) is 11.0. The van der Waals surface area contributed by atoms with E-state index in [-0.39, 0.29) is 0 Å². The second kappa shape index (κ2) is 4.31. The van der Waals surface area contributed by atoms with Crippen molar-refractivity contribution in [3.8, 4) is 11.3 Å². The van der Waals surface area contributed by atoms with Gasteiger partial charge in [0.1, 0.15) is 5.69 Å². The van der Waals surface area contributed by atoms with E-state index in [9.17, 15) is 0 Å². The molecule has 4 nitrogen and oxygen atoms in total. The molecule has 0 atom stereocenters. The van der Waals surface area contributed by atoms with E-state index in [1.165, 1.54) is 0 Å². The van der Waals surface area contributed by atoms with Crippen molar-refractivity contribution in [3.63, 3.8) is 0 Å². The molecule has 0 amide bonds. The first-order chi connectivity index (χ1) is 9.16. The molecule has 0 saturated carbocycles. The maximum absolute atomic E-state index is 6.07. The summed E-state index contributed by atoms with van der Waals surface area (Å²) in [6.07, 6.45) is 0. The van der Waals surface area contributed by atoms with Crippen LogP contribution >= 0.6 is 0 Å². The van der Waals surface area contributed by atoms with Crippen LogP contribution in [0.1, 0.15) is 0 Å². The number of aromatic amines is 1. The third kappa shape index (κ3) is 1.91. The Morgan fingerprint density at radius 1 is 1.11 bits per heavy atom. The second-order valence-electron chi connectivity index (χ2n) is 4.79. The number of nitrogens with one attached hydrogen (secondary N) is 1. The van der Waals surface area contributed by atoms with Crippen molar-refractivity contribution in [2.45, 2.75) is 0 Å². The third-order valence-corrected chi connectivity index (χ3v) is 3.26. The summed E-state index contributed by atoms with van der Waals surface area (Å²) < 4.78 is 0. The summed E-state index contributed by atoms with van der Waals surface area (Å²) in [5.41, 5.74) is 10.9. The van der Waals surface area contributed by atoms with Gasteiger partial charge in [-0.1, -0.05) is 18.2 Å². The predicted molar refractivity (Wildman–Crippen MR) is 80.3 cm³/mol. The van der Waals surface area contributed by atoms with Gasteiger partial charge in [0.15, 0.2) is 0 Å². The van der Waals surface area contributed by atoms with Gasteiger partial charge in [-0.3, -0.25) is 5.10 Å². The van der Waals surface area contributed by atoms with Gasteiger partial charge in [0.2, 0.25) is 0 Å². The molecular formula is C15H16N4. The Morgan fingerprint density at radius 3 is 2.68 bits per heavy atom. The molecule has 0 aliphatic carbocycles. The van der Waals surface area contributed by atoms with Gasteiger partial charge in [-0.15, -0.1) is 0 Å². The molecule has 0 spiro atoms. The van der Waals surface area contributed by atoms with Crippen molar-refractivity contribution in [1.29, 1.82) is 0 Å². The number of benzene rings is 2. The SMILES string of the molecule is CN(C)c1cccc(-c2n[nH]c3cccc(N)c23)c1. The number of rotatable bonds is 2. The van der Waals surface area contributed by atoms with Crippen molar-refractivity contribution in [1.82, 2.24) is 10.2 Å². The van der Waals surface area contributed by atoms with E-state index in [2.05, 4.69) is 33.3 Å². The van der Waals surface area contributed by atoms with E-state index in [4.69, 9.17) is 5.73 Å². The van der Waals surface area contributed by atoms with Crippen LogP contribution in [-0.2, 0) is 0 Å². The lowest BCUT2D eigenvalue weighted by molar-refractivity contribution is 1.11. The smallest absolute Gasteiger partial charge is 0.102 e. The fraction of sp³-hybridized carbons (Fsp3) is 0.133. The standard InChI is InChI=1S/C15H16N4/c1-19(2)11-6-3-5-10(9-11)15-14-12(16)7-4-8-13(14)17-18-15/h3-9H,16H2,1-2H3,(H,17,18). The summed E-state index contributed by atoms with van der Waals surface area (Å²) in [6.45, 7) is 0. The molecule has 0 saturated heterocycles. The number of hydrogen-bond acceptors (Lipinski definition) is 3. The highest BCUT2D eigenvalue weighted by molar-refractivity contribution is 6.01. The quantitative estimate of drug-likeness (QED) is 0.689. The first-order valence-electron chi connectivity index (χ1n) is 6.17. The van der Waals surface area contributed by atoms with Crippen LogP contribution < -0.4 is 10.6 Å². The first kappa shape index (κ1) is 11.6. The first-order valence-corrected chi connectivity index (χ1v) is 6.17. The van der Waals surface area contributed by atoms with Crippen LogP contribution in [0, 0.1) is 0 Å². The summed E-state index contributed by atoms with van der Waals surface area (Å²) in [4.78, 5) is 2.07. The highest BCUT2D eigenvalue weighted by atomic mass is 15.1. The Bertz CT molecular complexity index is 728. The molecule has 1 heterocycles. The molecule has 96 valence electrons. The number of nitrogens with zero attached hydrogens (tertiary/aromatic N) is 2. The average Bonchev–Trinajstić information content (AvgIpc) is 2.84. The van der Waals surface area contributed by atoms with Crippen LogP contribution in [0.3, 0.4) is 0 Å². The van der Waals surface area contributed by atoms with E-state index < -0.39 is 0 Å². The van der Waals surface area contributed by atoms with Gasteiger partial charge >= 0.3 is 0 Å². The van der Waals surface area contributed by atoms with Crippen molar-refractivity contribution in [3.05, 3.63) is 42.5 Å². The second-order valence-corrected chi connectivity index (χ2v) is 4.79. The third-order valence-electron chi connectivity index (χ3n) is 3.26. The minimum atomic E-state index is 0.747. The largest absolute Gasteiger partial charge is 0.398 e. The van der Waals surface area contributed by atoms with Crippen molar-refractivity contribution >= 4 is 22.3 Å². The number of anilines is 2. The van der Waals surface area contributed by atoms with Gasteiger partial charge in [-0.25, -0.2) is 0 Å². The summed E-state index contributed by atoms with van der Waals surface area (Å²) in [5, 5.41) is 8.42. The molecule has 1 aromatic heterocycles. The Balaban J connectivity index is 2.22. The zero-order chi connectivity index (χ0) is 13.4. The molecule has 0 radical (unpaired) electrons. The maximum Gasteiger partial charge on any atom is 0.102 e. The molecule has 0 bridgehead atoms. The molecule has 2 aromatic carbocycles. The number of nitrogens with two attached hydrogens (primary N) is 1. The zero-order valence-electron chi connectivity index (χ0n) is 11.0. The van der Waals surface area contributed by atoms with E-state index >= 15 is 0 Å². The molecule has 0 unspecified atom stereocenters. The summed E-state index contributed by atoms with van der Waals surface area (Å²) in [7, 11) is 4.05. The molecule has 4 heteroatoms. The highest BCUT2D eigenvalue weighted by Crippen LogP contribution is 2.31. The van der Waals surface area contributed by atoms with Crippen LogP contribution in [0.4, 0.5) is 11.4 Å². The van der Waals surface area contributed by atoms with Crippen LogP contribution in [0.2, 0.25) is 0 Å². The van der Waals surface area contributed by atoms with Crippen LogP contribution in [-0.4, -0.2) is 24.3 Å². The lowest BCUT2D eigenvalue weighted by atomic mass is 10.1. The van der Waals surface area contributed by atoms with Crippen LogP contribution in [0.25, 0.3) is 22.2 Å². The topological polar surface area (TPSA) is 57.9 Å². The maximum atomic E-state index is 6.07. The number of nitrogen functional groups attached to an aromatic ring is 1. The summed E-state index contributed by atoms with van der Waals surface area (Å²) in [5.74, 6) is 0. The normalized spacial score (nSPS) is 10.8. The van der Waals surface area contributed by atoms with E-state index in [1.807, 2.05) is 38.4 Å². The number of fused-ring (bicyclic) bond motifs is 1. The van der Waals surface area contributed by atoms with Gasteiger partial charge < -0.3 is 10.6 Å². The molecule has 0 aliphatic heterocycles. The molecule has 3 rings (SSSR count). The van der Waals surface area contributed by atoms with Crippen molar-refractivity contribution < 1.29 is 0 Å². The van der Waals surface area contributed by atoms with Gasteiger partial charge in [0, 0.05) is 31.0 Å².